The predicted molar refractivity (Wildman–Crippen MR) is 97.7 cm³/mol. The fourth-order valence-electron chi connectivity index (χ4n) is 3.00. The van der Waals surface area contributed by atoms with Crippen LogP contribution in [0.15, 0.2) is 12.1 Å². The van der Waals surface area contributed by atoms with Crippen LogP contribution < -0.4 is 10.2 Å². The molecule has 0 radical (unpaired) electrons. The molecule has 7 heteroatoms. The lowest BCUT2D eigenvalue weighted by Gasteiger charge is -2.19. The van der Waals surface area contributed by atoms with Gasteiger partial charge in [0.25, 0.3) is 0 Å². The number of nitrogens with one attached hydrogen (secondary N) is 1. The number of amides is 1. The van der Waals surface area contributed by atoms with Crippen LogP contribution in [0.1, 0.15) is 38.8 Å². The third kappa shape index (κ3) is 5.91. The van der Waals surface area contributed by atoms with Crippen molar-refractivity contribution < 1.29 is 9.53 Å². The maximum Gasteiger partial charge on any atom is 0.246 e. The summed E-state index contributed by atoms with van der Waals surface area (Å²) in [6, 6.07) is 4.12. The quantitative estimate of drug-likeness (QED) is 0.724. The Bertz CT molecular complexity index is 498. The van der Waals surface area contributed by atoms with E-state index in [0.29, 0.717) is 12.5 Å². The SMILES string of the molecule is CCCOCC(=O)N[C@H]1CN(c2ccc(C)nn2)C[C@@H]1CCC.Cl. The van der Waals surface area contributed by atoms with Crippen LogP contribution in [0, 0.1) is 12.8 Å². The lowest BCUT2D eigenvalue weighted by Crippen LogP contribution is -2.42. The number of halogens is 1. The van der Waals surface area contributed by atoms with Gasteiger partial charge in [-0.2, -0.15) is 5.10 Å². The van der Waals surface area contributed by atoms with Gasteiger partial charge in [0.15, 0.2) is 5.82 Å². The second-order valence-corrected chi connectivity index (χ2v) is 6.21. The Morgan fingerprint density at radius 3 is 2.71 bits per heavy atom. The molecule has 1 amide bonds. The van der Waals surface area contributed by atoms with Gasteiger partial charge in [0.05, 0.1) is 11.7 Å². The van der Waals surface area contributed by atoms with Crippen LogP contribution in [-0.2, 0) is 9.53 Å². The summed E-state index contributed by atoms with van der Waals surface area (Å²) in [5.74, 6) is 1.30. The first-order valence-electron chi connectivity index (χ1n) is 8.56. The monoisotopic (exact) mass is 356 g/mol. The van der Waals surface area contributed by atoms with Crippen molar-refractivity contribution in [3.63, 3.8) is 0 Å². The highest BCUT2D eigenvalue weighted by Crippen LogP contribution is 2.25. The fourth-order valence-corrected chi connectivity index (χ4v) is 3.00. The van der Waals surface area contributed by atoms with Gasteiger partial charge in [-0.3, -0.25) is 4.79 Å². The molecule has 24 heavy (non-hydrogen) atoms. The van der Waals surface area contributed by atoms with Crippen molar-refractivity contribution in [3.05, 3.63) is 17.8 Å². The summed E-state index contributed by atoms with van der Waals surface area (Å²) in [6.07, 6.45) is 3.13. The van der Waals surface area contributed by atoms with Crippen molar-refractivity contribution in [1.29, 1.82) is 0 Å². The number of rotatable bonds is 8. The second-order valence-electron chi connectivity index (χ2n) is 6.21. The molecule has 0 saturated carbocycles. The first-order chi connectivity index (χ1) is 11.1. The van der Waals surface area contributed by atoms with E-state index < -0.39 is 0 Å². The zero-order chi connectivity index (χ0) is 16.7. The van der Waals surface area contributed by atoms with Crippen molar-refractivity contribution in [2.75, 3.05) is 31.2 Å². The average molecular weight is 357 g/mol. The minimum atomic E-state index is -0.0265. The number of hydrogen-bond donors (Lipinski definition) is 1. The fraction of sp³-hybridized carbons (Fsp3) is 0.706. The molecule has 1 N–H and O–H groups in total. The van der Waals surface area contributed by atoms with Crippen LogP contribution in [0.25, 0.3) is 0 Å². The number of aromatic nitrogens is 2. The minimum Gasteiger partial charge on any atom is -0.372 e. The first-order valence-corrected chi connectivity index (χ1v) is 8.56. The second kappa shape index (κ2) is 10.5. The Hall–Kier alpha value is -1.40. The molecule has 2 atom stereocenters. The van der Waals surface area contributed by atoms with E-state index >= 15 is 0 Å². The molecule has 1 fully saturated rings. The van der Waals surface area contributed by atoms with Gasteiger partial charge >= 0.3 is 0 Å². The Morgan fingerprint density at radius 2 is 2.08 bits per heavy atom. The Kier molecular flexibility index (Phi) is 9.00. The number of anilines is 1. The third-order valence-corrected chi connectivity index (χ3v) is 4.14. The van der Waals surface area contributed by atoms with E-state index in [-0.39, 0.29) is 31.0 Å². The summed E-state index contributed by atoms with van der Waals surface area (Å²) in [7, 11) is 0. The van der Waals surface area contributed by atoms with Crippen molar-refractivity contribution in [2.24, 2.45) is 5.92 Å². The summed E-state index contributed by atoms with van der Waals surface area (Å²) in [5.41, 5.74) is 0.913. The predicted octanol–water partition coefficient (Wildman–Crippen LogP) is 2.35. The lowest BCUT2D eigenvalue weighted by molar-refractivity contribution is -0.126. The molecule has 136 valence electrons. The molecule has 0 unspecified atom stereocenters. The summed E-state index contributed by atoms with van der Waals surface area (Å²) in [5, 5.41) is 11.5. The summed E-state index contributed by atoms with van der Waals surface area (Å²) >= 11 is 0. The molecule has 0 aromatic carbocycles. The van der Waals surface area contributed by atoms with Crippen LogP contribution >= 0.6 is 12.4 Å². The van der Waals surface area contributed by atoms with Crippen molar-refractivity contribution in [1.82, 2.24) is 15.5 Å². The molecule has 0 bridgehead atoms. The first kappa shape index (κ1) is 20.6. The van der Waals surface area contributed by atoms with Crippen LogP contribution in [-0.4, -0.2) is 48.4 Å². The zero-order valence-electron chi connectivity index (χ0n) is 14.8. The number of nitrogens with zero attached hydrogens (tertiary/aromatic N) is 3. The van der Waals surface area contributed by atoms with Gasteiger partial charge in [-0.15, -0.1) is 17.5 Å². The molecule has 1 aliphatic heterocycles. The topological polar surface area (TPSA) is 67.3 Å². The number of ether oxygens (including phenoxy) is 1. The number of aryl methyl sites for hydroxylation is 1. The molecule has 1 saturated heterocycles. The lowest BCUT2D eigenvalue weighted by atomic mass is 9.98. The molecular weight excluding hydrogens is 328 g/mol. The number of hydrogen-bond acceptors (Lipinski definition) is 5. The van der Waals surface area contributed by atoms with E-state index in [4.69, 9.17) is 4.74 Å². The maximum atomic E-state index is 12.0. The highest BCUT2D eigenvalue weighted by atomic mass is 35.5. The van der Waals surface area contributed by atoms with Gasteiger partial charge in [-0.05, 0) is 37.8 Å². The van der Waals surface area contributed by atoms with Crippen LogP contribution in [0.4, 0.5) is 5.82 Å². The van der Waals surface area contributed by atoms with Gasteiger partial charge in [0.1, 0.15) is 6.61 Å². The summed E-state index contributed by atoms with van der Waals surface area (Å²) < 4.78 is 5.33. The molecule has 0 aliphatic carbocycles. The van der Waals surface area contributed by atoms with Crippen LogP contribution in [0.3, 0.4) is 0 Å². The van der Waals surface area contributed by atoms with E-state index in [0.717, 1.165) is 43.9 Å². The van der Waals surface area contributed by atoms with Crippen molar-refractivity contribution in [3.8, 4) is 0 Å². The molecule has 1 aromatic heterocycles. The van der Waals surface area contributed by atoms with Crippen LogP contribution in [0.5, 0.6) is 0 Å². The number of carbonyl (C=O) groups is 1. The summed E-state index contributed by atoms with van der Waals surface area (Å²) in [4.78, 5) is 14.2. The highest BCUT2D eigenvalue weighted by Gasteiger charge is 2.33. The largest absolute Gasteiger partial charge is 0.372 e. The minimum absolute atomic E-state index is 0. The van der Waals surface area contributed by atoms with Gasteiger partial charge in [-0.1, -0.05) is 20.3 Å². The Balaban J connectivity index is 0.00000288. The molecule has 0 spiro atoms. The number of carbonyl (C=O) groups excluding carboxylic acids is 1. The standard InChI is InChI=1S/C17H28N4O2.ClH/c1-4-6-14-10-21(16-8-7-13(3)19-20-16)11-15(14)18-17(22)12-23-9-5-2;/h7-8,14-15H,4-6,9-12H2,1-3H3,(H,18,22);1H/t14-,15-;/m0./s1. The molecule has 1 aromatic rings. The average Bonchev–Trinajstić information content (AvgIpc) is 2.91. The van der Waals surface area contributed by atoms with E-state index in [1.165, 1.54) is 0 Å². The van der Waals surface area contributed by atoms with E-state index in [9.17, 15) is 4.79 Å². The third-order valence-electron chi connectivity index (χ3n) is 4.14. The molecule has 1 aliphatic rings. The molecular formula is C17H29ClN4O2. The Labute approximate surface area is 150 Å². The highest BCUT2D eigenvalue weighted by molar-refractivity contribution is 5.85. The maximum absolute atomic E-state index is 12.0. The molecule has 2 heterocycles. The molecule has 2 rings (SSSR count). The Morgan fingerprint density at radius 1 is 1.29 bits per heavy atom. The van der Waals surface area contributed by atoms with Gasteiger partial charge in [-0.25, -0.2) is 0 Å². The normalized spacial score (nSPS) is 19.9. The zero-order valence-corrected chi connectivity index (χ0v) is 15.6. The van der Waals surface area contributed by atoms with E-state index in [1.54, 1.807) is 0 Å². The molecule has 6 nitrogen and oxygen atoms in total. The van der Waals surface area contributed by atoms with Crippen molar-refractivity contribution >= 4 is 24.1 Å². The van der Waals surface area contributed by atoms with Gasteiger partial charge < -0.3 is 15.0 Å². The van der Waals surface area contributed by atoms with Crippen LogP contribution in [0.2, 0.25) is 0 Å². The smallest absolute Gasteiger partial charge is 0.246 e. The van der Waals surface area contributed by atoms with Crippen molar-refractivity contribution in [2.45, 2.75) is 46.1 Å². The van der Waals surface area contributed by atoms with Gasteiger partial charge in [0, 0.05) is 19.7 Å². The van der Waals surface area contributed by atoms with E-state index in [1.807, 2.05) is 26.0 Å². The summed E-state index contributed by atoms with van der Waals surface area (Å²) in [6.45, 7) is 8.60. The van der Waals surface area contributed by atoms with Gasteiger partial charge in [0.2, 0.25) is 5.91 Å². The van der Waals surface area contributed by atoms with E-state index in [2.05, 4.69) is 27.3 Å².